The summed E-state index contributed by atoms with van der Waals surface area (Å²) in [4.78, 5) is 9.09. The van der Waals surface area contributed by atoms with E-state index in [1.165, 1.54) is 4.88 Å². The van der Waals surface area contributed by atoms with E-state index in [-0.39, 0.29) is 12.0 Å². The summed E-state index contributed by atoms with van der Waals surface area (Å²) in [5.74, 6) is 0.812. The van der Waals surface area contributed by atoms with Crippen LogP contribution in [0.4, 0.5) is 11.8 Å². The molecular formula is C10H11ClN4S. The molecule has 0 aliphatic heterocycles. The molecule has 2 aromatic rings. The summed E-state index contributed by atoms with van der Waals surface area (Å²) in [5, 5.41) is 5.60. The summed E-state index contributed by atoms with van der Waals surface area (Å²) in [6.45, 7) is 2.05. The number of rotatable bonds is 3. The molecular weight excluding hydrogens is 244 g/mol. The largest absolute Gasteiger partial charge is 0.368 e. The fourth-order valence-corrected chi connectivity index (χ4v) is 2.26. The van der Waals surface area contributed by atoms with Crippen molar-refractivity contribution in [2.24, 2.45) is 0 Å². The van der Waals surface area contributed by atoms with Crippen LogP contribution in [0.25, 0.3) is 0 Å². The molecule has 84 valence electrons. The van der Waals surface area contributed by atoms with Gasteiger partial charge in [0, 0.05) is 10.9 Å². The number of hydrogen-bond donors (Lipinski definition) is 2. The number of thiophene rings is 1. The van der Waals surface area contributed by atoms with E-state index in [4.69, 9.17) is 17.3 Å². The van der Waals surface area contributed by atoms with Gasteiger partial charge >= 0.3 is 0 Å². The van der Waals surface area contributed by atoms with E-state index in [1.54, 1.807) is 17.4 Å². The fraction of sp³-hybridized carbons (Fsp3) is 0.200. The molecule has 0 saturated carbocycles. The number of hydrogen-bond acceptors (Lipinski definition) is 5. The summed E-state index contributed by atoms with van der Waals surface area (Å²) in [7, 11) is 0. The van der Waals surface area contributed by atoms with Gasteiger partial charge in [-0.25, -0.2) is 4.98 Å². The summed E-state index contributed by atoms with van der Waals surface area (Å²) >= 11 is 7.48. The Labute approximate surface area is 102 Å². The molecule has 0 radical (unpaired) electrons. The molecule has 0 saturated heterocycles. The maximum absolute atomic E-state index is 5.79. The second-order valence-corrected chi connectivity index (χ2v) is 4.68. The van der Waals surface area contributed by atoms with Crippen LogP contribution >= 0.6 is 22.9 Å². The predicted octanol–water partition coefficient (Wildman–Crippen LogP) is 2.95. The van der Waals surface area contributed by atoms with E-state index in [1.807, 2.05) is 11.4 Å². The molecule has 0 fully saturated rings. The highest BCUT2D eigenvalue weighted by atomic mass is 35.5. The predicted molar refractivity (Wildman–Crippen MR) is 67.8 cm³/mol. The molecule has 2 aromatic heterocycles. The minimum atomic E-state index is 0.172. The van der Waals surface area contributed by atoms with Crippen molar-refractivity contribution in [3.8, 4) is 0 Å². The second-order valence-electron chi connectivity index (χ2n) is 3.32. The molecule has 2 heterocycles. The smallest absolute Gasteiger partial charge is 0.223 e. The van der Waals surface area contributed by atoms with Crippen LogP contribution in [0.3, 0.4) is 0 Å². The molecule has 0 aromatic carbocycles. The van der Waals surface area contributed by atoms with E-state index in [0.717, 1.165) is 0 Å². The number of aromatic nitrogens is 2. The molecule has 0 spiro atoms. The normalized spacial score (nSPS) is 12.4. The van der Waals surface area contributed by atoms with Gasteiger partial charge in [-0.15, -0.1) is 11.3 Å². The minimum absolute atomic E-state index is 0.172. The lowest BCUT2D eigenvalue weighted by Gasteiger charge is -2.12. The van der Waals surface area contributed by atoms with Gasteiger partial charge in [0.15, 0.2) is 0 Å². The van der Waals surface area contributed by atoms with Crippen molar-refractivity contribution in [1.29, 1.82) is 0 Å². The Hall–Kier alpha value is -1.33. The highest BCUT2D eigenvalue weighted by Crippen LogP contribution is 2.23. The lowest BCUT2D eigenvalue weighted by atomic mass is 10.3. The molecule has 0 amide bonds. The van der Waals surface area contributed by atoms with E-state index in [0.29, 0.717) is 11.0 Å². The molecule has 4 nitrogen and oxygen atoms in total. The standard InChI is InChI=1S/C10H11ClN4S/c1-6(7-3-2-4-16-7)13-9-5-8(11)14-10(12)15-9/h2-6H,1H3,(H3,12,13,14,15)/t6-/m1/s1. The van der Waals surface area contributed by atoms with Crippen LogP contribution in [0, 0.1) is 0 Å². The Bertz CT molecular complexity index is 451. The van der Waals surface area contributed by atoms with E-state index in [2.05, 4.69) is 28.3 Å². The number of anilines is 2. The summed E-state index contributed by atoms with van der Waals surface area (Å²) in [6, 6.07) is 5.90. The minimum Gasteiger partial charge on any atom is -0.368 e. The lowest BCUT2D eigenvalue weighted by molar-refractivity contribution is 0.894. The van der Waals surface area contributed by atoms with Gasteiger partial charge in [0.25, 0.3) is 0 Å². The summed E-state index contributed by atoms with van der Waals surface area (Å²) < 4.78 is 0. The maximum atomic E-state index is 5.79. The summed E-state index contributed by atoms with van der Waals surface area (Å²) in [5.41, 5.74) is 5.51. The highest BCUT2D eigenvalue weighted by molar-refractivity contribution is 7.10. The maximum Gasteiger partial charge on any atom is 0.223 e. The Balaban J connectivity index is 2.15. The zero-order valence-electron chi connectivity index (χ0n) is 8.64. The molecule has 0 aliphatic rings. The fourth-order valence-electron chi connectivity index (χ4n) is 1.34. The molecule has 3 N–H and O–H groups in total. The molecule has 2 rings (SSSR count). The molecule has 0 aliphatic carbocycles. The van der Waals surface area contributed by atoms with E-state index < -0.39 is 0 Å². The first-order valence-corrected chi connectivity index (χ1v) is 6.01. The Morgan fingerprint density at radius 3 is 2.94 bits per heavy atom. The van der Waals surface area contributed by atoms with Gasteiger partial charge in [0.05, 0.1) is 6.04 Å². The zero-order valence-corrected chi connectivity index (χ0v) is 10.2. The van der Waals surface area contributed by atoms with Gasteiger partial charge in [-0.3, -0.25) is 0 Å². The van der Waals surface area contributed by atoms with Crippen LogP contribution in [-0.2, 0) is 0 Å². The average molecular weight is 255 g/mol. The number of nitrogens with zero attached hydrogens (tertiary/aromatic N) is 2. The van der Waals surface area contributed by atoms with Crippen molar-refractivity contribution < 1.29 is 0 Å². The van der Waals surface area contributed by atoms with Gasteiger partial charge < -0.3 is 11.1 Å². The Morgan fingerprint density at radius 2 is 2.31 bits per heavy atom. The van der Waals surface area contributed by atoms with Crippen LogP contribution in [0.1, 0.15) is 17.8 Å². The third-order valence-corrected chi connectivity index (χ3v) is 3.30. The van der Waals surface area contributed by atoms with Crippen molar-refractivity contribution in [2.45, 2.75) is 13.0 Å². The SMILES string of the molecule is C[C@@H](Nc1cc(Cl)nc(N)n1)c1cccs1. The highest BCUT2D eigenvalue weighted by Gasteiger charge is 2.08. The van der Waals surface area contributed by atoms with Crippen LogP contribution in [-0.4, -0.2) is 9.97 Å². The third-order valence-electron chi connectivity index (χ3n) is 2.05. The molecule has 0 bridgehead atoms. The van der Waals surface area contributed by atoms with E-state index in [9.17, 15) is 0 Å². The number of nitrogen functional groups attached to an aromatic ring is 1. The van der Waals surface area contributed by atoms with Crippen molar-refractivity contribution in [2.75, 3.05) is 11.1 Å². The van der Waals surface area contributed by atoms with Crippen molar-refractivity contribution in [3.05, 3.63) is 33.6 Å². The Morgan fingerprint density at radius 1 is 1.50 bits per heavy atom. The van der Waals surface area contributed by atoms with Gasteiger partial charge in [0.1, 0.15) is 11.0 Å². The molecule has 0 unspecified atom stereocenters. The number of nitrogens with one attached hydrogen (secondary N) is 1. The zero-order chi connectivity index (χ0) is 11.5. The first kappa shape index (κ1) is 11.2. The van der Waals surface area contributed by atoms with Crippen LogP contribution < -0.4 is 11.1 Å². The van der Waals surface area contributed by atoms with Crippen molar-refractivity contribution in [3.63, 3.8) is 0 Å². The second kappa shape index (κ2) is 4.67. The van der Waals surface area contributed by atoms with Crippen LogP contribution in [0.2, 0.25) is 5.15 Å². The van der Waals surface area contributed by atoms with Crippen LogP contribution in [0.15, 0.2) is 23.6 Å². The van der Waals surface area contributed by atoms with Crippen molar-refractivity contribution in [1.82, 2.24) is 9.97 Å². The number of nitrogens with two attached hydrogens (primary N) is 1. The topological polar surface area (TPSA) is 63.8 Å². The molecule has 16 heavy (non-hydrogen) atoms. The Kier molecular flexibility index (Phi) is 3.26. The molecule has 1 atom stereocenters. The van der Waals surface area contributed by atoms with Gasteiger partial charge in [-0.2, -0.15) is 4.98 Å². The summed E-state index contributed by atoms with van der Waals surface area (Å²) in [6.07, 6.45) is 0. The quantitative estimate of drug-likeness (QED) is 0.827. The third kappa shape index (κ3) is 2.62. The van der Waals surface area contributed by atoms with Crippen molar-refractivity contribution >= 4 is 34.7 Å². The van der Waals surface area contributed by atoms with Gasteiger partial charge in [-0.05, 0) is 18.4 Å². The number of halogens is 1. The first-order chi connectivity index (χ1) is 7.65. The lowest BCUT2D eigenvalue weighted by Crippen LogP contribution is -2.08. The monoisotopic (exact) mass is 254 g/mol. The van der Waals surface area contributed by atoms with Gasteiger partial charge in [-0.1, -0.05) is 17.7 Å². The average Bonchev–Trinajstić information content (AvgIpc) is 2.68. The van der Waals surface area contributed by atoms with E-state index >= 15 is 0 Å². The first-order valence-electron chi connectivity index (χ1n) is 4.75. The molecule has 6 heteroatoms. The van der Waals surface area contributed by atoms with Crippen LogP contribution in [0.5, 0.6) is 0 Å². The van der Waals surface area contributed by atoms with Gasteiger partial charge in [0.2, 0.25) is 5.95 Å².